The standard InChI is InChI=1S/C53H99N3O5/c1-4-7-10-13-16-17-18-19-20-21-22-23-24-25-28-33-42-54-52(59)53(40-34-41-53)56(44-35-43-55-45-47-60-48-46-55)50(57)38-31-32-39-51(58)61-49(36-29-26-14-11-8-5-2)37-30-27-15-12-9-6-3/h19-20,49H,4-18,21-48H2,1-3H3,(H,54,59)/b20-19-. The van der Waals surface area contributed by atoms with Crippen molar-refractivity contribution in [2.75, 3.05) is 45.9 Å². The van der Waals surface area contributed by atoms with E-state index < -0.39 is 5.54 Å². The molecule has 8 heteroatoms. The molecule has 0 aromatic rings. The first-order valence-electron chi connectivity index (χ1n) is 26.7. The quantitative estimate of drug-likeness (QED) is 0.0374. The lowest BCUT2D eigenvalue weighted by Gasteiger charge is -2.49. The van der Waals surface area contributed by atoms with Gasteiger partial charge in [-0.05, 0) is 96.3 Å². The van der Waals surface area contributed by atoms with Crippen LogP contribution in [0.1, 0.15) is 252 Å². The smallest absolute Gasteiger partial charge is 0.306 e. The molecule has 1 saturated carbocycles. The van der Waals surface area contributed by atoms with Crippen LogP contribution in [0.15, 0.2) is 12.2 Å². The SMILES string of the molecule is CCCCCCCC/C=C\CCCCCCCCNC(=O)C1(N(CCCN2CCOCC2)C(=O)CCCCC(=O)OC(CCCCCCCC)CCCCCCCC)CCC1. The third-order valence-electron chi connectivity index (χ3n) is 13.4. The Hall–Kier alpha value is -1.93. The van der Waals surface area contributed by atoms with E-state index in [0.717, 1.165) is 97.1 Å². The van der Waals surface area contributed by atoms with Crippen molar-refractivity contribution in [1.82, 2.24) is 15.1 Å². The molecule has 2 aliphatic rings. The Labute approximate surface area is 377 Å². The first-order valence-corrected chi connectivity index (χ1v) is 26.7. The largest absolute Gasteiger partial charge is 0.462 e. The zero-order valence-corrected chi connectivity index (χ0v) is 40.6. The van der Waals surface area contributed by atoms with Crippen molar-refractivity contribution in [2.45, 2.75) is 264 Å². The van der Waals surface area contributed by atoms with Gasteiger partial charge in [-0.1, -0.05) is 155 Å². The summed E-state index contributed by atoms with van der Waals surface area (Å²) >= 11 is 0. The minimum absolute atomic E-state index is 0.0160. The number of unbranched alkanes of at least 4 members (excludes halogenated alkanes) is 23. The van der Waals surface area contributed by atoms with Crippen LogP contribution < -0.4 is 5.32 Å². The second kappa shape index (κ2) is 38.5. The highest BCUT2D eigenvalue weighted by Gasteiger charge is 2.50. The van der Waals surface area contributed by atoms with Gasteiger partial charge in [-0.3, -0.25) is 19.3 Å². The number of morpholine rings is 1. The van der Waals surface area contributed by atoms with E-state index in [0.29, 0.717) is 38.8 Å². The number of allylic oxidation sites excluding steroid dienone is 2. The van der Waals surface area contributed by atoms with Crippen molar-refractivity contribution in [3.05, 3.63) is 12.2 Å². The van der Waals surface area contributed by atoms with Crippen LogP contribution in [-0.4, -0.2) is 85.2 Å². The molecule has 1 aliphatic carbocycles. The van der Waals surface area contributed by atoms with Gasteiger partial charge < -0.3 is 19.7 Å². The average molecular weight is 858 g/mol. The van der Waals surface area contributed by atoms with E-state index in [9.17, 15) is 14.4 Å². The highest BCUT2D eigenvalue weighted by Crippen LogP contribution is 2.39. The average Bonchev–Trinajstić information content (AvgIpc) is 3.25. The van der Waals surface area contributed by atoms with E-state index in [4.69, 9.17) is 9.47 Å². The molecular weight excluding hydrogens is 759 g/mol. The van der Waals surface area contributed by atoms with Crippen molar-refractivity contribution >= 4 is 17.8 Å². The van der Waals surface area contributed by atoms with E-state index >= 15 is 0 Å². The van der Waals surface area contributed by atoms with Gasteiger partial charge in [0.1, 0.15) is 11.6 Å². The van der Waals surface area contributed by atoms with E-state index in [1.807, 2.05) is 4.90 Å². The minimum atomic E-state index is -0.732. The van der Waals surface area contributed by atoms with Gasteiger partial charge in [0.05, 0.1) is 13.2 Å². The number of carbonyl (C=O) groups is 3. The molecule has 0 aromatic carbocycles. The van der Waals surface area contributed by atoms with E-state index in [1.54, 1.807) is 0 Å². The number of nitrogens with zero attached hydrogens (tertiary/aromatic N) is 2. The number of carbonyl (C=O) groups excluding carboxylic acids is 3. The third kappa shape index (κ3) is 27.1. The van der Waals surface area contributed by atoms with Crippen LogP contribution in [0.5, 0.6) is 0 Å². The summed E-state index contributed by atoms with van der Waals surface area (Å²) in [6.45, 7) is 12.3. The molecule has 0 bridgehead atoms. The topological polar surface area (TPSA) is 88.2 Å². The van der Waals surface area contributed by atoms with Gasteiger partial charge in [-0.2, -0.15) is 0 Å². The number of hydrogen-bond acceptors (Lipinski definition) is 6. The van der Waals surface area contributed by atoms with Gasteiger partial charge in [0.25, 0.3) is 0 Å². The Balaban J connectivity index is 1.78. The summed E-state index contributed by atoms with van der Waals surface area (Å²) in [5.74, 6) is -0.0131. The normalized spacial score (nSPS) is 15.3. The second-order valence-corrected chi connectivity index (χ2v) is 18.9. The molecule has 1 saturated heterocycles. The fraction of sp³-hybridized carbons (Fsp3) is 0.906. The third-order valence-corrected chi connectivity index (χ3v) is 13.4. The van der Waals surface area contributed by atoms with Gasteiger partial charge >= 0.3 is 5.97 Å². The molecule has 0 unspecified atom stereocenters. The van der Waals surface area contributed by atoms with Crippen LogP contribution >= 0.6 is 0 Å². The zero-order valence-electron chi connectivity index (χ0n) is 40.6. The zero-order chi connectivity index (χ0) is 43.9. The fourth-order valence-corrected chi connectivity index (χ4v) is 9.22. The Morgan fingerprint density at radius 2 is 1.11 bits per heavy atom. The van der Waals surface area contributed by atoms with Crippen molar-refractivity contribution < 1.29 is 23.9 Å². The predicted octanol–water partition coefficient (Wildman–Crippen LogP) is 13.6. The molecule has 1 heterocycles. The Morgan fingerprint density at radius 1 is 0.623 bits per heavy atom. The molecule has 2 amide bonds. The van der Waals surface area contributed by atoms with Crippen LogP contribution in [0.2, 0.25) is 0 Å². The minimum Gasteiger partial charge on any atom is -0.462 e. The van der Waals surface area contributed by atoms with Crippen molar-refractivity contribution in [1.29, 1.82) is 0 Å². The molecule has 8 nitrogen and oxygen atoms in total. The predicted molar refractivity (Wildman–Crippen MR) is 257 cm³/mol. The number of rotatable bonds is 42. The number of esters is 1. The summed E-state index contributed by atoms with van der Waals surface area (Å²) in [7, 11) is 0. The molecule has 356 valence electrons. The molecule has 61 heavy (non-hydrogen) atoms. The van der Waals surface area contributed by atoms with Gasteiger partial charge in [0.2, 0.25) is 11.8 Å². The molecule has 2 rings (SSSR count). The molecule has 0 atom stereocenters. The number of amides is 2. The highest BCUT2D eigenvalue weighted by molar-refractivity contribution is 5.92. The van der Waals surface area contributed by atoms with Crippen LogP contribution in [0.25, 0.3) is 0 Å². The van der Waals surface area contributed by atoms with Crippen LogP contribution in [0.4, 0.5) is 0 Å². The maximum absolute atomic E-state index is 14.0. The molecular formula is C53H99N3O5. The molecule has 2 fully saturated rings. The Morgan fingerprint density at radius 3 is 1.64 bits per heavy atom. The molecule has 1 N–H and O–H groups in total. The van der Waals surface area contributed by atoms with Gasteiger partial charge in [0, 0.05) is 45.6 Å². The summed E-state index contributed by atoms with van der Waals surface area (Å²) in [5.41, 5.74) is -0.732. The lowest BCUT2D eigenvalue weighted by atomic mass is 9.74. The molecule has 0 spiro atoms. The first kappa shape index (κ1) is 55.2. The van der Waals surface area contributed by atoms with Crippen molar-refractivity contribution in [3.63, 3.8) is 0 Å². The fourth-order valence-electron chi connectivity index (χ4n) is 9.22. The van der Waals surface area contributed by atoms with Gasteiger partial charge in [-0.15, -0.1) is 0 Å². The maximum Gasteiger partial charge on any atom is 0.306 e. The van der Waals surface area contributed by atoms with E-state index in [-0.39, 0.29) is 23.9 Å². The summed E-state index contributed by atoms with van der Waals surface area (Å²) in [6.07, 6.45) is 44.7. The first-order chi connectivity index (χ1) is 30.0. The van der Waals surface area contributed by atoms with Crippen LogP contribution in [0.3, 0.4) is 0 Å². The summed E-state index contributed by atoms with van der Waals surface area (Å²) in [6, 6.07) is 0. The highest BCUT2D eigenvalue weighted by atomic mass is 16.5. The van der Waals surface area contributed by atoms with Crippen molar-refractivity contribution in [3.8, 4) is 0 Å². The number of hydrogen-bond donors (Lipinski definition) is 1. The Bertz CT molecular complexity index is 1070. The van der Waals surface area contributed by atoms with E-state index in [2.05, 4.69) is 43.1 Å². The number of nitrogens with one attached hydrogen (secondary N) is 1. The molecule has 0 aromatic heterocycles. The summed E-state index contributed by atoms with van der Waals surface area (Å²) in [4.78, 5) is 45.4. The monoisotopic (exact) mass is 858 g/mol. The Kier molecular flexibility index (Phi) is 34.9. The van der Waals surface area contributed by atoms with Crippen LogP contribution in [0, 0.1) is 0 Å². The molecule has 1 aliphatic heterocycles. The van der Waals surface area contributed by atoms with Gasteiger partial charge in [-0.25, -0.2) is 0 Å². The van der Waals surface area contributed by atoms with Crippen molar-refractivity contribution in [2.24, 2.45) is 0 Å². The number of ether oxygens (including phenoxy) is 2. The molecule has 0 radical (unpaired) electrons. The lowest BCUT2D eigenvalue weighted by Crippen LogP contribution is -2.65. The summed E-state index contributed by atoms with van der Waals surface area (Å²) < 4.78 is 11.6. The summed E-state index contributed by atoms with van der Waals surface area (Å²) in [5, 5.41) is 3.27. The van der Waals surface area contributed by atoms with Gasteiger partial charge in [0.15, 0.2) is 0 Å². The maximum atomic E-state index is 14.0. The second-order valence-electron chi connectivity index (χ2n) is 18.9. The van der Waals surface area contributed by atoms with Crippen LogP contribution in [-0.2, 0) is 23.9 Å². The van der Waals surface area contributed by atoms with E-state index in [1.165, 1.54) is 141 Å². The lowest BCUT2D eigenvalue weighted by molar-refractivity contribution is -0.154.